The number of carbonyl (C=O) groups excluding carboxylic acids is 2. The molecular formula is C26H27FN6O4S. The van der Waals surface area contributed by atoms with Crippen LogP contribution in [-0.4, -0.2) is 49.3 Å². The molecule has 1 aliphatic rings. The second kappa shape index (κ2) is 9.43. The summed E-state index contributed by atoms with van der Waals surface area (Å²) in [6.07, 6.45) is 1.60. The average molecular weight is 539 g/mol. The summed E-state index contributed by atoms with van der Waals surface area (Å²) in [5.41, 5.74) is -1.55. The van der Waals surface area contributed by atoms with Crippen molar-refractivity contribution in [3.05, 3.63) is 46.9 Å². The fraction of sp³-hybridized carbons (Fsp3) is 0.385. The molecule has 0 saturated heterocycles. The van der Waals surface area contributed by atoms with E-state index in [1.165, 1.54) is 0 Å². The number of ether oxygens (including phenoxy) is 1. The van der Waals surface area contributed by atoms with Crippen molar-refractivity contribution in [2.24, 2.45) is 0 Å². The monoisotopic (exact) mass is 538 g/mol. The van der Waals surface area contributed by atoms with Crippen LogP contribution < -0.4 is 10.6 Å². The Hall–Kier alpha value is -3.93. The van der Waals surface area contributed by atoms with E-state index in [1.54, 1.807) is 40.8 Å². The van der Waals surface area contributed by atoms with Crippen LogP contribution in [-0.2, 0) is 9.53 Å². The molecule has 0 bridgehead atoms. The third-order valence-electron chi connectivity index (χ3n) is 6.04. The summed E-state index contributed by atoms with van der Waals surface area (Å²) in [6, 6.07) is 7.30. The van der Waals surface area contributed by atoms with Crippen molar-refractivity contribution in [2.45, 2.75) is 64.8 Å². The predicted molar refractivity (Wildman–Crippen MR) is 141 cm³/mol. The zero-order chi connectivity index (χ0) is 27.2. The number of carbonyl (C=O) groups is 2. The second-order valence-electron chi connectivity index (χ2n) is 10.3. The van der Waals surface area contributed by atoms with Gasteiger partial charge in [0, 0.05) is 43.0 Å². The Morgan fingerprint density at radius 2 is 1.95 bits per heavy atom. The summed E-state index contributed by atoms with van der Waals surface area (Å²) in [5, 5.41) is 11.7. The number of hydrogen-bond acceptors (Lipinski definition) is 10. The van der Waals surface area contributed by atoms with Gasteiger partial charge in [0.2, 0.25) is 11.7 Å². The largest absolute Gasteiger partial charge is 0.456 e. The van der Waals surface area contributed by atoms with Gasteiger partial charge in [-0.15, -0.1) is 0 Å². The highest BCUT2D eigenvalue weighted by atomic mass is 32.1. The summed E-state index contributed by atoms with van der Waals surface area (Å²) in [6.45, 7) is 8.65. The third kappa shape index (κ3) is 5.21. The predicted octanol–water partition coefficient (Wildman–Crippen LogP) is 5.23. The van der Waals surface area contributed by atoms with Gasteiger partial charge in [-0.2, -0.15) is 4.98 Å². The highest BCUT2D eigenvalue weighted by Crippen LogP contribution is 2.40. The number of pyridine rings is 1. The third-order valence-corrected chi connectivity index (χ3v) is 7.09. The molecule has 198 valence electrons. The Morgan fingerprint density at radius 1 is 1.18 bits per heavy atom. The lowest BCUT2D eigenvalue weighted by atomic mass is 9.76. The van der Waals surface area contributed by atoms with Gasteiger partial charge < -0.3 is 14.6 Å². The van der Waals surface area contributed by atoms with Gasteiger partial charge in [0.25, 0.3) is 5.91 Å². The standard InChI is InChI=1S/C26H27FN6O4S/c1-13-19(22(34)36-25(3,4)5)38-24(29-13)32-23(35)26(27)11-17(12-26)31-21-18-10-16(20-30-14(2)37-33-20)7-6-15(18)8-9-28-21/h6-10,17H,11-12H2,1-5H3,(H,28,31)(H,29,32,35)/t17-,26-. The minimum atomic E-state index is -2.07. The lowest BCUT2D eigenvalue weighted by Crippen LogP contribution is -2.54. The number of rotatable bonds is 6. The van der Waals surface area contributed by atoms with E-state index in [9.17, 15) is 9.59 Å². The van der Waals surface area contributed by atoms with E-state index in [4.69, 9.17) is 9.26 Å². The van der Waals surface area contributed by atoms with E-state index in [0.717, 1.165) is 27.7 Å². The van der Waals surface area contributed by atoms with Gasteiger partial charge in [0.05, 0.1) is 5.69 Å². The SMILES string of the molecule is Cc1nc(-c2ccc3ccnc(N[C@H]4C[C@@](F)(C(=O)Nc5nc(C)c(C(=O)OC(C)(C)C)s5)C4)c3c2)no1. The number of aryl methyl sites for hydroxylation is 2. The number of esters is 1. The molecular weight excluding hydrogens is 511 g/mol. The first kappa shape index (κ1) is 25.7. The van der Waals surface area contributed by atoms with Crippen molar-refractivity contribution < 1.29 is 23.2 Å². The number of aromatic nitrogens is 4. The van der Waals surface area contributed by atoms with Gasteiger partial charge in [0.15, 0.2) is 10.8 Å². The molecule has 1 amide bonds. The van der Waals surface area contributed by atoms with Gasteiger partial charge in [-0.25, -0.2) is 19.2 Å². The lowest BCUT2D eigenvalue weighted by Gasteiger charge is -2.40. The second-order valence-corrected chi connectivity index (χ2v) is 11.3. The summed E-state index contributed by atoms with van der Waals surface area (Å²) in [4.78, 5) is 38.3. The molecule has 1 saturated carbocycles. The quantitative estimate of drug-likeness (QED) is 0.317. The molecule has 2 N–H and O–H groups in total. The van der Waals surface area contributed by atoms with E-state index < -0.39 is 23.1 Å². The molecule has 4 aromatic rings. The Kier molecular flexibility index (Phi) is 6.38. The number of amides is 1. The van der Waals surface area contributed by atoms with Gasteiger partial charge in [-0.3, -0.25) is 10.1 Å². The van der Waals surface area contributed by atoms with Crippen LogP contribution in [0.15, 0.2) is 35.0 Å². The molecule has 10 nitrogen and oxygen atoms in total. The molecule has 0 spiro atoms. The van der Waals surface area contributed by atoms with Crippen LogP contribution in [0.2, 0.25) is 0 Å². The molecule has 1 aromatic carbocycles. The molecule has 0 unspecified atom stereocenters. The van der Waals surface area contributed by atoms with Crippen molar-refractivity contribution in [1.82, 2.24) is 20.1 Å². The molecule has 38 heavy (non-hydrogen) atoms. The smallest absolute Gasteiger partial charge is 0.350 e. The minimum Gasteiger partial charge on any atom is -0.456 e. The van der Waals surface area contributed by atoms with E-state index in [2.05, 4.69) is 30.7 Å². The molecule has 1 aliphatic carbocycles. The normalized spacial score (nSPS) is 19.2. The van der Waals surface area contributed by atoms with E-state index in [-0.39, 0.29) is 28.9 Å². The van der Waals surface area contributed by atoms with Crippen LogP contribution in [0.5, 0.6) is 0 Å². The van der Waals surface area contributed by atoms with Crippen molar-refractivity contribution in [2.75, 3.05) is 10.6 Å². The molecule has 1 fully saturated rings. The van der Waals surface area contributed by atoms with E-state index in [0.29, 0.717) is 23.2 Å². The summed E-state index contributed by atoms with van der Waals surface area (Å²) >= 11 is 0.966. The van der Waals surface area contributed by atoms with Gasteiger partial charge >= 0.3 is 5.97 Å². The first-order chi connectivity index (χ1) is 17.9. The van der Waals surface area contributed by atoms with Crippen LogP contribution in [0.25, 0.3) is 22.2 Å². The number of thiazole rings is 1. The van der Waals surface area contributed by atoms with Crippen LogP contribution in [0.3, 0.4) is 0 Å². The number of benzene rings is 1. The van der Waals surface area contributed by atoms with Crippen molar-refractivity contribution in [1.29, 1.82) is 0 Å². The molecule has 0 aliphatic heterocycles. The molecule has 12 heteroatoms. The molecule has 5 rings (SSSR count). The molecule has 0 radical (unpaired) electrons. The highest BCUT2D eigenvalue weighted by Gasteiger charge is 2.51. The highest BCUT2D eigenvalue weighted by molar-refractivity contribution is 7.17. The van der Waals surface area contributed by atoms with Crippen molar-refractivity contribution in [3.63, 3.8) is 0 Å². The van der Waals surface area contributed by atoms with Crippen LogP contribution in [0.4, 0.5) is 15.3 Å². The Balaban J connectivity index is 1.25. The van der Waals surface area contributed by atoms with E-state index in [1.807, 2.05) is 24.3 Å². The van der Waals surface area contributed by atoms with E-state index >= 15 is 4.39 Å². The fourth-order valence-corrected chi connectivity index (χ4v) is 5.05. The Labute approximate surface area is 222 Å². The minimum absolute atomic E-state index is 0.0378. The zero-order valence-corrected chi connectivity index (χ0v) is 22.4. The molecule has 3 aromatic heterocycles. The number of nitrogens with one attached hydrogen (secondary N) is 2. The van der Waals surface area contributed by atoms with Gasteiger partial charge in [0.1, 0.15) is 16.3 Å². The van der Waals surface area contributed by atoms with Crippen LogP contribution in [0.1, 0.15) is 54.9 Å². The van der Waals surface area contributed by atoms with Crippen molar-refractivity contribution >= 4 is 44.9 Å². The number of fused-ring (bicyclic) bond motifs is 1. The van der Waals surface area contributed by atoms with Crippen LogP contribution in [0, 0.1) is 13.8 Å². The first-order valence-electron chi connectivity index (χ1n) is 12.1. The number of anilines is 2. The van der Waals surface area contributed by atoms with Crippen molar-refractivity contribution in [3.8, 4) is 11.4 Å². The maximum Gasteiger partial charge on any atom is 0.350 e. The maximum atomic E-state index is 15.4. The van der Waals surface area contributed by atoms with Crippen LogP contribution >= 0.6 is 11.3 Å². The molecule has 3 heterocycles. The zero-order valence-electron chi connectivity index (χ0n) is 21.6. The maximum absolute atomic E-state index is 15.4. The number of nitrogens with zero attached hydrogens (tertiary/aromatic N) is 4. The topological polar surface area (TPSA) is 132 Å². The average Bonchev–Trinajstić information content (AvgIpc) is 3.42. The summed E-state index contributed by atoms with van der Waals surface area (Å²) in [7, 11) is 0. The van der Waals surface area contributed by atoms with Gasteiger partial charge in [-0.05, 0) is 45.2 Å². The lowest BCUT2D eigenvalue weighted by molar-refractivity contribution is -0.133. The fourth-order valence-electron chi connectivity index (χ4n) is 4.21. The summed E-state index contributed by atoms with van der Waals surface area (Å²) in [5.74, 6) is 0.187. The number of hydrogen-bond donors (Lipinski definition) is 2. The van der Waals surface area contributed by atoms with Gasteiger partial charge in [-0.1, -0.05) is 28.6 Å². The molecule has 0 atom stereocenters. The Bertz CT molecular complexity index is 1540. The Morgan fingerprint density at radius 3 is 2.63 bits per heavy atom. The first-order valence-corrected chi connectivity index (χ1v) is 12.9. The number of halogens is 1. The summed E-state index contributed by atoms with van der Waals surface area (Å²) < 4.78 is 25.9. The number of alkyl halides is 1.